The number of hydrogen-bond acceptors (Lipinski definition) is 3. The zero-order valence-electron chi connectivity index (χ0n) is 7.74. The quantitative estimate of drug-likeness (QED) is 0.669. The topological polar surface area (TPSA) is 39.4 Å². The molecule has 0 atom stereocenters. The minimum atomic E-state index is -0.278. The molecule has 13 heavy (non-hydrogen) atoms. The molecule has 1 rings (SSSR count). The van der Waals surface area contributed by atoms with Crippen LogP contribution in [-0.2, 0) is 9.53 Å². The highest BCUT2D eigenvalue weighted by atomic mass is 16.5. The summed E-state index contributed by atoms with van der Waals surface area (Å²) in [5.74, 6) is 1.36. The lowest BCUT2D eigenvalue weighted by Crippen LogP contribution is -1.96. The number of furan rings is 1. The van der Waals surface area contributed by atoms with Crippen LogP contribution in [0.3, 0.4) is 0 Å². The fourth-order valence-corrected chi connectivity index (χ4v) is 0.873. The van der Waals surface area contributed by atoms with Gasteiger partial charge in [-0.2, -0.15) is 0 Å². The summed E-state index contributed by atoms with van der Waals surface area (Å²) in [6, 6.07) is 3.74. The van der Waals surface area contributed by atoms with Crippen LogP contribution in [0.25, 0.3) is 6.08 Å². The van der Waals surface area contributed by atoms with Gasteiger partial charge in [0.15, 0.2) is 0 Å². The van der Waals surface area contributed by atoms with Crippen molar-refractivity contribution in [1.29, 1.82) is 0 Å². The van der Waals surface area contributed by atoms with Gasteiger partial charge in [-0.05, 0) is 31.2 Å². The van der Waals surface area contributed by atoms with Crippen molar-refractivity contribution in [3.63, 3.8) is 0 Å². The smallest absolute Gasteiger partial charge is 0.302 e. The van der Waals surface area contributed by atoms with Crippen LogP contribution < -0.4 is 0 Å². The molecule has 0 spiro atoms. The summed E-state index contributed by atoms with van der Waals surface area (Å²) in [5, 5.41) is 0. The Bertz CT molecular complexity index is 310. The van der Waals surface area contributed by atoms with Crippen molar-refractivity contribution in [2.24, 2.45) is 0 Å². The number of carbonyl (C=O) groups is 1. The Hall–Kier alpha value is -1.51. The van der Waals surface area contributed by atoms with Crippen molar-refractivity contribution in [3.8, 4) is 0 Å². The monoisotopic (exact) mass is 180 g/mol. The standard InChI is InChI=1S/C10H12O3/c1-8-5-6-10(13-8)4-3-7-12-9(2)11/h3-6H,7H2,1-2H3/b4-3+. The number of hydrogen-bond donors (Lipinski definition) is 0. The van der Waals surface area contributed by atoms with Gasteiger partial charge in [0.1, 0.15) is 18.1 Å². The normalized spacial score (nSPS) is 10.6. The Balaban J connectivity index is 2.36. The molecule has 0 radical (unpaired) electrons. The van der Waals surface area contributed by atoms with Crippen molar-refractivity contribution in [2.75, 3.05) is 6.61 Å². The molecule has 0 N–H and O–H groups in total. The molecule has 0 aromatic carbocycles. The summed E-state index contributed by atoms with van der Waals surface area (Å²) < 4.78 is 9.97. The Morgan fingerprint density at radius 1 is 1.62 bits per heavy atom. The summed E-state index contributed by atoms with van der Waals surface area (Å²) in [7, 11) is 0. The highest BCUT2D eigenvalue weighted by molar-refractivity contribution is 5.66. The van der Waals surface area contributed by atoms with Gasteiger partial charge in [-0.25, -0.2) is 0 Å². The van der Waals surface area contributed by atoms with Crippen molar-refractivity contribution in [2.45, 2.75) is 13.8 Å². The largest absolute Gasteiger partial charge is 0.462 e. The maximum atomic E-state index is 10.4. The Kier molecular flexibility index (Phi) is 3.31. The lowest BCUT2D eigenvalue weighted by Gasteiger charge is -1.93. The first-order valence-electron chi connectivity index (χ1n) is 4.05. The van der Waals surface area contributed by atoms with Gasteiger partial charge in [-0.15, -0.1) is 0 Å². The summed E-state index contributed by atoms with van der Waals surface area (Å²) in [6.45, 7) is 3.55. The molecule has 1 aromatic rings. The van der Waals surface area contributed by atoms with Crippen LogP contribution in [0.5, 0.6) is 0 Å². The van der Waals surface area contributed by atoms with Crippen LogP contribution in [0.2, 0.25) is 0 Å². The fraction of sp³-hybridized carbons (Fsp3) is 0.300. The van der Waals surface area contributed by atoms with E-state index in [1.165, 1.54) is 6.92 Å². The number of aryl methyl sites for hydroxylation is 1. The van der Waals surface area contributed by atoms with Gasteiger partial charge in [-0.3, -0.25) is 4.79 Å². The van der Waals surface area contributed by atoms with E-state index in [-0.39, 0.29) is 12.6 Å². The summed E-state index contributed by atoms with van der Waals surface area (Å²) in [5.41, 5.74) is 0. The second-order valence-corrected chi connectivity index (χ2v) is 2.65. The van der Waals surface area contributed by atoms with Crippen LogP contribution in [0, 0.1) is 6.92 Å². The molecule has 0 aliphatic heterocycles. The maximum absolute atomic E-state index is 10.4. The average Bonchev–Trinajstić information content (AvgIpc) is 2.45. The van der Waals surface area contributed by atoms with E-state index in [9.17, 15) is 4.79 Å². The third-order valence-corrected chi connectivity index (χ3v) is 1.43. The van der Waals surface area contributed by atoms with E-state index in [0.717, 1.165) is 11.5 Å². The van der Waals surface area contributed by atoms with Crippen LogP contribution in [0.15, 0.2) is 22.6 Å². The first-order chi connectivity index (χ1) is 6.18. The SMILES string of the molecule is CC(=O)OC/C=C/c1ccc(C)o1. The average molecular weight is 180 g/mol. The van der Waals surface area contributed by atoms with E-state index < -0.39 is 0 Å². The molecule has 3 heteroatoms. The van der Waals surface area contributed by atoms with Crippen LogP contribution >= 0.6 is 0 Å². The lowest BCUT2D eigenvalue weighted by atomic mass is 10.4. The first kappa shape index (κ1) is 9.58. The highest BCUT2D eigenvalue weighted by Gasteiger charge is 1.92. The third kappa shape index (κ3) is 3.60. The molecule has 0 fully saturated rings. The number of ether oxygens (including phenoxy) is 1. The van der Waals surface area contributed by atoms with Gasteiger partial charge in [-0.1, -0.05) is 0 Å². The lowest BCUT2D eigenvalue weighted by molar-refractivity contribution is -0.139. The van der Waals surface area contributed by atoms with Gasteiger partial charge >= 0.3 is 5.97 Å². The van der Waals surface area contributed by atoms with Gasteiger partial charge in [0.2, 0.25) is 0 Å². The molecule has 0 aliphatic carbocycles. The van der Waals surface area contributed by atoms with Gasteiger partial charge in [0.25, 0.3) is 0 Å². The Morgan fingerprint density at radius 2 is 2.38 bits per heavy atom. The molecule has 0 saturated heterocycles. The van der Waals surface area contributed by atoms with Gasteiger partial charge in [0, 0.05) is 6.92 Å². The molecule has 0 amide bonds. The minimum absolute atomic E-state index is 0.278. The molecule has 0 saturated carbocycles. The van der Waals surface area contributed by atoms with E-state index in [0.29, 0.717) is 0 Å². The molecular weight excluding hydrogens is 168 g/mol. The number of carbonyl (C=O) groups excluding carboxylic acids is 1. The second-order valence-electron chi connectivity index (χ2n) is 2.65. The highest BCUT2D eigenvalue weighted by Crippen LogP contribution is 2.07. The van der Waals surface area contributed by atoms with Crippen molar-refractivity contribution in [1.82, 2.24) is 0 Å². The maximum Gasteiger partial charge on any atom is 0.302 e. The van der Waals surface area contributed by atoms with Crippen molar-refractivity contribution >= 4 is 12.0 Å². The van der Waals surface area contributed by atoms with Gasteiger partial charge in [0.05, 0.1) is 0 Å². The van der Waals surface area contributed by atoms with E-state index in [2.05, 4.69) is 0 Å². The van der Waals surface area contributed by atoms with E-state index >= 15 is 0 Å². The molecular formula is C10H12O3. The molecule has 1 aromatic heterocycles. The molecule has 0 unspecified atom stereocenters. The van der Waals surface area contributed by atoms with E-state index in [4.69, 9.17) is 9.15 Å². The van der Waals surface area contributed by atoms with Crippen LogP contribution in [0.4, 0.5) is 0 Å². The van der Waals surface area contributed by atoms with Crippen molar-refractivity contribution in [3.05, 3.63) is 29.7 Å². The molecule has 1 heterocycles. The summed E-state index contributed by atoms with van der Waals surface area (Å²) in [4.78, 5) is 10.4. The molecule has 0 bridgehead atoms. The number of rotatable bonds is 3. The zero-order chi connectivity index (χ0) is 9.68. The van der Waals surface area contributed by atoms with Crippen molar-refractivity contribution < 1.29 is 13.9 Å². The Labute approximate surface area is 77.0 Å². The summed E-state index contributed by atoms with van der Waals surface area (Å²) in [6.07, 6.45) is 3.51. The Morgan fingerprint density at radius 3 is 2.92 bits per heavy atom. The fourth-order valence-electron chi connectivity index (χ4n) is 0.873. The predicted octanol–water partition coefficient (Wildman–Crippen LogP) is 2.16. The second kappa shape index (κ2) is 4.50. The molecule has 70 valence electrons. The van der Waals surface area contributed by atoms with Crippen LogP contribution in [-0.4, -0.2) is 12.6 Å². The molecule has 3 nitrogen and oxygen atoms in total. The minimum Gasteiger partial charge on any atom is -0.462 e. The number of esters is 1. The van der Waals surface area contributed by atoms with E-state index in [1.807, 2.05) is 19.1 Å². The van der Waals surface area contributed by atoms with E-state index in [1.54, 1.807) is 12.2 Å². The first-order valence-corrected chi connectivity index (χ1v) is 4.05. The predicted molar refractivity (Wildman–Crippen MR) is 49.1 cm³/mol. The third-order valence-electron chi connectivity index (χ3n) is 1.43. The zero-order valence-corrected chi connectivity index (χ0v) is 7.74. The molecule has 0 aliphatic rings. The van der Waals surface area contributed by atoms with Gasteiger partial charge < -0.3 is 9.15 Å². The summed E-state index contributed by atoms with van der Waals surface area (Å²) >= 11 is 0. The van der Waals surface area contributed by atoms with Crippen LogP contribution in [0.1, 0.15) is 18.4 Å².